The van der Waals surface area contributed by atoms with Crippen molar-refractivity contribution in [1.82, 2.24) is 4.57 Å². The molecule has 300 valence electrons. The van der Waals surface area contributed by atoms with E-state index in [-0.39, 0.29) is 0 Å². The number of rotatable bonds is 8. The van der Waals surface area contributed by atoms with Gasteiger partial charge in [0.25, 0.3) is 0 Å². The predicted molar refractivity (Wildman–Crippen MR) is 272 cm³/mol. The first-order valence-electron chi connectivity index (χ1n) is 22.0. The van der Waals surface area contributed by atoms with Crippen LogP contribution in [0.25, 0.3) is 93.5 Å². The fourth-order valence-electron chi connectivity index (χ4n) is 9.82. The Kier molecular flexibility index (Phi) is 9.20. The van der Waals surface area contributed by atoms with Crippen LogP contribution in [0.1, 0.15) is 0 Å². The van der Waals surface area contributed by atoms with Gasteiger partial charge in [0.15, 0.2) is 0 Å². The Hall–Kier alpha value is -8.46. The van der Waals surface area contributed by atoms with E-state index >= 15 is 0 Å². The zero-order valence-corrected chi connectivity index (χ0v) is 35.1. The van der Waals surface area contributed by atoms with Gasteiger partial charge in [0.1, 0.15) is 0 Å². The van der Waals surface area contributed by atoms with Crippen LogP contribution in [0.3, 0.4) is 0 Å². The molecule has 12 aromatic rings. The summed E-state index contributed by atoms with van der Waals surface area (Å²) in [7, 11) is 0. The third kappa shape index (κ3) is 6.44. The van der Waals surface area contributed by atoms with E-state index in [0.29, 0.717) is 0 Å². The molecule has 0 aliphatic heterocycles. The zero-order chi connectivity index (χ0) is 42.4. The summed E-state index contributed by atoms with van der Waals surface area (Å²) >= 11 is 0. The molecule has 0 aliphatic rings. The summed E-state index contributed by atoms with van der Waals surface area (Å²) in [5, 5.41) is 7.35. The highest BCUT2D eigenvalue weighted by molar-refractivity contribution is 6.11. The molecule has 0 radical (unpaired) electrons. The lowest BCUT2D eigenvalue weighted by molar-refractivity contribution is 1.18. The minimum absolute atomic E-state index is 1.07. The van der Waals surface area contributed by atoms with Gasteiger partial charge in [0.2, 0.25) is 0 Å². The summed E-state index contributed by atoms with van der Waals surface area (Å²) in [5.41, 5.74) is 16.2. The van der Waals surface area contributed by atoms with Gasteiger partial charge in [-0.3, -0.25) is 0 Å². The monoisotopic (exact) mass is 814 g/mol. The van der Waals surface area contributed by atoms with E-state index in [1.54, 1.807) is 0 Å². The first-order valence-corrected chi connectivity index (χ1v) is 22.0. The normalized spacial score (nSPS) is 11.4. The molecule has 0 saturated carbocycles. The summed E-state index contributed by atoms with van der Waals surface area (Å²) in [6.07, 6.45) is 0. The molecule has 0 N–H and O–H groups in total. The van der Waals surface area contributed by atoms with Gasteiger partial charge < -0.3 is 9.47 Å². The van der Waals surface area contributed by atoms with E-state index in [0.717, 1.165) is 39.4 Å². The number of aromatic nitrogens is 1. The molecule has 2 nitrogen and oxygen atoms in total. The van der Waals surface area contributed by atoms with Gasteiger partial charge in [-0.1, -0.05) is 206 Å². The second-order valence-electron chi connectivity index (χ2n) is 16.5. The highest BCUT2D eigenvalue weighted by Crippen LogP contribution is 2.47. The second kappa shape index (κ2) is 15.8. The Morgan fingerprint density at radius 3 is 1.50 bits per heavy atom. The van der Waals surface area contributed by atoms with Gasteiger partial charge in [-0.15, -0.1) is 0 Å². The van der Waals surface area contributed by atoms with Crippen LogP contribution in [-0.2, 0) is 0 Å². The van der Waals surface area contributed by atoms with Gasteiger partial charge in [0, 0.05) is 33.4 Å². The molecule has 12 rings (SSSR count). The van der Waals surface area contributed by atoms with Crippen molar-refractivity contribution < 1.29 is 0 Å². The zero-order valence-electron chi connectivity index (χ0n) is 35.1. The predicted octanol–water partition coefficient (Wildman–Crippen LogP) is 17.2. The molecule has 0 unspecified atom stereocenters. The largest absolute Gasteiger partial charge is 0.310 e. The molecule has 0 aliphatic carbocycles. The van der Waals surface area contributed by atoms with Crippen LogP contribution in [0.5, 0.6) is 0 Å². The van der Waals surface area contributed by atoms with Crippen LogP contribution in [0.4, 0.5) is 17.1 Å². The number of anilines is 3. The van der Waals surface area contributed by atoms with Crippen molar-refractivity contribution in [2.24, 2.45) is 0 Å². The quantitative estimate of drug-likeness (QED) is 0.148. The SMILES string of the molecule is c1ccc(-c2ccc(-c3ccccc3N(c3ccc(-c4cccc5ccccc45)c(-c4cccc5ccccc45)c3)c3ccc4c5ccccc5n(-c5ccccc5)c4c3)cc2)cc1. The summed E-state index contributed by atoms with van der Waals surface area (Å²) in [6.45, 7) is 0. The number of nitrogens with zero attached hydrogens (tertiary/aromatic N) is 2. The minimum atomic E-state index is 1.07. The van der Waals surface area contributed by atoms with Crippen LogP contribution < -0.4 is 4.90 Å². The van der Waals surface area contributed by atoms with E-state index in [1.807, 2.05) is 0 Å². The maximum absolute atomic E-state index is 2.47. The van der Waals surface area contributed by atoms with Gasteiger partial charge in [-0.05, 0) is 109 Å². The van der Waals surface area contributed by atoms with Crippen molar-refractivity contribution in [2.45, 2.75) is 0 Å². The van der Waals surface area contributed by atoms with Gasteiger partial charge in [-0.25, -0.2) is 0 Å². The highest BCUT2D eigenvalue weighted by Gasteiger charge is 2.23. The Labute approximate surface area is 373 Å². The lowest BCUT2D eigenvalue weighted by Crippen LogP contribution is -2.12. The van der Waals surface area contributed by atoms with Crippen LogP contribution in [0.15, 0.2) is 255 Å². The third-order valence-corrected chi connectivity index (χ3v) is 12.8. The van der Waals surface area contributed by atoms with E-state index in [2.05, 4.69) is 264 Å². The maximum Gasteiger partial charge on any atom is 0.0561 e. The molecule has 1 heterocycles. The van der Waals surface area contributed by atoms with Crippen LogP contribution in [0, 0.1) is 0 Å². The smallest absolute Gasteiger partial charge is 0.0561 e. The number of benzene rings is 11. The lowest BCUT2D eigenvalue weighted by Gasteiger charge is -2.29. The molecule has 64 heavy (non-hydrogen) atoms. The van der Waals surface area contributed by atoms with E-state index in [1.165, 1.54) is 71.2 Å². The number of hydrogen-bond acceptors (Lipinski definition) is 1. The molecule has 1 aromatic heterocycles. The summed E-state index contributed by atoms with van der Waals surface area (Å²) in [4.78, 5) is 2.47. The maximum atomic E-state index is 2.47. The topological polar surface area (TPSA) is 8.17 Å². The van der Waals surface area contributed by atoms with Crippen molar-refractivity contribution in [3.63, 3.8) is 0 Å². The molecule has 0 spiro atoms. The van der Waals surface area contributed by atoms with Crippen molar-refractivity contribution in [1.29, 1.82) is 0 Å². The molecule has 0 fully saturated rings. The Balaban J connectivity index is 1.13. The summed E-state index contributed by atoms with van der Waals surface area (Å²) < 4.78 is 2.41. The number of fused-ring (bicyclic) bond motifs is 5. The average Bonchev–Trinajstić information content (AvgIpc) is 3.70. The minimum Gasteiger partial charge on any atom is -0.310 e. The first-order chi connectivity index (χ1) is 31.8. The molecule has 0 amide bonds. The van der Waals surface area contributed by atoms with E-state index in [9.17, 15) is 0 Å². The van der Waals surface area contributed by atoms with Crippen molar-refractivity contribution in [3.05, 3.63) is 255 Å². The highest BCUT2D eigenvalue weighted by atomic mass is 15.1. The molecule has 0 saturated heterocycles. The fraction of sp³-hybridized carbons (Fsp3) is 0. The molecule has 2 heteroatoms. The van der Waals surface area contributed by atoms with Gasteiger partial charge in [-0.2, -0.15) is 0 Å². The van der Waals surface area contributed by atoms with Gasteiger partial charge >= 0.3 is 0 Å². The second-order valence-corrected chi connectivity index (χ2v) is 16.5. The average molecular weight is 815 g/mol. The lowest BCUT2D eigenvalue weighted by atomic mass is 9.88. The Morgan fingerprint density at radius 1 is 0.266 bits per heavy atom. The number of para-hydroxylation sites is 3. The van der Waals surface area contributed by atoms with Crippen molar-refractivity contribution in [2.75, 3.05) is 4.90 Å². The van der Waals surface area contributed by atoms with E-state index < -0.39 is 0 Å². The van der Waals surface area contributed by atoms with Gasteiger partial charge in [0.05, 0.1) is 16.7 Å². The standard InChI is InChI=1S/C62H42N2/c1-3-17-43(18-4-1)44-33-35-47(36-34-44)53-27-11-13-31-60(53)63(50-38-40-58-57-28-12-14-32-61(57)64(62(58)42-50)48-23-5-2-6-24-48)49-37-39-56(54-29-15-21-45-19-7-9-25-51(45)54)59(41-49)55-30-16-22-46-20-8-10-26-52(46)55/h1-42H. The van der Waals surface area contributed by atoms with Crippen molar-refractivity contribution >= 4 is 60.4 Å². The molecule has 0 bridgehead atoms. The van der Waals surface area contributed by atoms with Crippen molar-refractivity contribution in [3.8, 4) is 50.2 Å². The molecular formula is C62H42N2. The Morgan fingerprint density at radius 2 is 0.766 bits per heavy atom. The number of hydrogen-bond donors (Lipinski definition) is 0. The Bertz CT molecular complexity index is 3650. The first kappa shape index (κ1) is 37.3. The summed E-state index contributed by atoms with van der Waals surface area (Å²) in [6, 6.07) is 92.9. The van der Waals surface area contributed by atoms with Crippen LogP contribution in [-0.4, -0.2) is 4.57 Å². The molecular weight excluding hydrogens is 773 g/mol. The molecule has 0 atom stereocenters. The fourth-order valence-corrected chi connectivity index (χ4v) is 9.82. The van der Waals surface area contributed by atoms with Crippen LogP contribution >= 0.6 is 0 Å². The van der Waals surface area contributed by atoms with Crippen LogP contribution in [0.2, 0.25) is 0 Å². The third-order valence-electron chi connectivity index (χ3n) is 12.8. The van der Waals surface area contributed by atoms with E-state index in [4.69, 9.17) is 0 Å². The molecule has 11 aromatic carbocycles. The summed E-state index contributed by atoms with van der Waals surface area (Å²) in [5.74, 6) is 0.